The van der Waals surface area contributed by atoms with E-state index in [1.54, 1.807) is 22.6 Å². The molecule has 60 valence electrons. The largest absolute Gasteiger partial charge is 0.492 e. The third kappa shape index (κ3) is 1.61. The van der Waals surface area contributed by atoms with Crippen molar-refractivity contribution in [2.75, 3.05) is 7.11 Å². The van der Waals surface area contributed by atoms with Gasteiger partial charge in [0, 0.05) is 0 Å². The van der Waals surface area contributed by atoms with Crippen LogP contribution in [-0.2, 0) is 0 Å². The van der Waals surface area contributed by atoms with Gasteiger partial charge in [-0.3, -0.25) is 0 Å². The highest BCUT2D eigenvalue weighted by Crippen LogP contribution is 2.26. The molecule has 11 heavy (non-hydrogen) atoms. The first-order valence-corrected chi connectivity index (χ1v) is 3.92. The molecule has 0 saturated carbocycles. The third-order valence-corrected chi connectivity index (χ3v) is 2.21. The highest BCUT2D eigenvalue weighted by atomic mass is 127. The van der Waals surface area contributed by atoms with E-state index in [1.807, 2.05) is 0 Å². The molecule has 0 fully saturated rings. The van der Waals surface area contributed by atoms with Gasteiger partial charge in [-0.05, 0) is 34.7 Å². The Morgan fingerprint density at radius 2 is 1.82 bits per heavy atom. The predicted octanol–water partition coefficient (Wildman–Crippen LogP) is 2.58. The molecule has 1 rings (SSSR count). The van der Waals surface area contributed by atoms with E-state index < -0.39 is 11.6 Å². The van der Waals surface area contributed by atoms with Gasteiger partial charge in [0.2, 0.25) is 0 Å². The lowest BCUT2D eigenvalue weighted by Crippen LogP contribution is -1.93. The zero-order chi connectivity index (χ0) is 8.43. The summed E-state index contributed by atoms with van der Waals surface area (Å²) in [5.41, 5.74) is 0. The summed E-state index contributed by atoms with van der Waals surface area (Å²) in [5, 5.41) is 0. The second-order valence-corrected chi connectivity index (χ2v) is 2.96. The topological polar surface area (TPSA) is 9.23 Å². The quantitative estimate of drug-likeness (QED) is 0.563. The fourth-order valence-corrected chi connectivity index (χ4v) is 1.35. The molecule has 0 radical (unpaired) electrons. The van der Waals surface area contributed by atoms with Crippen molar-refractivity contribution in [3.8, 4) is 5.75 Å². The zero-order valence-electron chi connectivity index (χ0n) is 5.70. The fraction of sp³-hybridized carbons (Fsp3) is 0.143. The number of hydrogen-bond acceptors (Lipinski definition) is 1. The molecule has 0 saturated heterocycles. The maximum absolute atomic E-state index is 12.7. The Labute approximate surface area is 76.5 Å². The summed E-state index contributed by atoms with van der Waals surface area (Å²) in [4.78, 5) is 0. The van der Waals surface area contributed by atoms with Crippen molar-refractivity contribution in [1.82, 2.24) is 0 Å². The van der Waals surface area contributed by atoms with E-state index in [-0.39, 0.29) is 9.32 Å². The number of ether oxygens (including phenoxy) is 1. The lowest BCUT2D eigenvalue weighted by molar-refractivity contribution is 0.378. The van der Waals surface area contributed by atoms with Crippen molar-refractivity contribution in [2.45, 2.75) is 0 Å². The lowest BCUT2D eigenvalue weighted by Gasteiger charge is -2.03. The highest BCUT2D eigenvalue weighted by molar-refractivity contribution is 14.1. The van der Waals surface area contributed by atoms with Crippen LogP contribution in [-0.4, -0.2) is 7.11 Å². The highest BCUT2D eigenvalue weighted by Gasteiger charge is 2.10. The Bertz CT molecular complexity index is 275. The van der Waals surface area contributed by atoms with Crippen molar-refractivity contribution in [3.63, 3.8) is 0 Å². The van der Waals surface area contributed by atoms with Crippen molar-refractivity contribution in [2.24, 2.45) is 0 Å². The molecule has 1 nitrogen and oxygen atoms in total. The zero-order valence-corrected chi connectivity index (χ0v) is 7.85. The Balaban J connectivity index is 3.29. The van der Waals surface area contributed by atoms with E-state index >= 15 is 0 Å². The van der Waals surface area contributed by atoms with Gasteiger partial charge < -0.3 is 4.74 Å². The van der Waals surface area contributed by atoms with Crippen LogP contribution in [0.25, 0.3) is 0 Å². The van der Waals surface area contributed by atoms with Crippen LogP contribution in [0, 0.1) is 15.2 Å². The molecule has 0 unspecified atom stereocenters. The van der Waals surface area contributed by atoms with Crippen LogP contribution in [0.4, 0.5) is 8.78 Å². The smallest absolute Gasteiger partial charge is 0.170 e. The monoisotopic (exact) mass is 270 g/mol. The van der Waals surface area contributed by atoms with Gasteiger partial charge in [0.1, 0.15) is 5.82 Å². The molecule has 0 spiro atoms. The molecular formula is C7H5F2IO. The van der Waals surface area contributed by atoms with Gasteiger partial charge in [-0.25, -0.2) is 8.78 Å². The summed E-state index contributed by atoms with van der Waals surface area (Å²) >= 11 is 1.69. The van der Waals surface area contributed by atoms with Gasteiger partial charge >= 0.3 is 0 Å². The van der Waals surface area contributed by atoms with Crippen LogP contribution < -0.4 is 4.74 Å². The van der Waals surface area contributed by atoms with Crippen molar-refractivity contribution >= 4 is 22.6 Å². The molecule has 0 atom stereocenters. The summed E-state index contributed by atoms with van der Waals surface area (Å²) in [5.74, 6) is -1.05. The minimum Gasteiger partial charge on any atom is -0.492 e. The number of rotatable bonds is 1. The van der Waals surface area contributed by atoms with E-state index in [0.29, 0.717) is 0 Å². The standard InChI is InChI=1S/C7H5F2IO/c1-11-7-5(9)3-2-4(8)6(7)10/h2-3H,1H3. The summed E-state index contributed by atoms with van der Waals surface area (Å²) in [6.07, 6.45) is 0. The summed E-state index contributed by atoms with van der Waals surface area (Å²) in [6.45, 7) is 0. The third-order valence-electron chi connectivity index (χ3n) is 1.21. The second-order valence-electron chi connectivity index (χ2n) is 1.88. The average molecular weight is 270 g/mol. The number of methoxy groups -OCH3 is 1. The molecule has 0 aliphatic heterocycles. The van der Waals surface area contributed by atoms with Crippen LogP contribution in [0.2, 0.25) is 0 Å². The predicted molar refractivity (Wildman–Crippen MR) is 45.6 cm³/mol. The summed E-state index contributed by atoms with van der Waals surface area (Å²) in [6, 6.07) is 2.11. The molecule has 1 aromatic rings. The van der Waals surface area contributed by atoms with Crippen LogP contribution >= 0.6 is 22.6 Å². The van der Waals surface area contributed by atoms with Crippen LogP contribution in [0.3, 0.4) is 0 Å². The molecule has 0 aliphatic carbocycles. The van der Waals surface area contributed by atoms with Gasteiger partial charge in [0.25, 0.3) is 0 Å². The minimum absolute atomic E-state index is 0.0365. The van der Waals surface area contributed by atoms with E-state index in [4.69, 9.17) is 0 Å². The average Bonchev–Trinajstić information content (AvgIpc) is 1.99. The molecule has 0 aliphatic rings. The Morgan fingerprint density at radius 1 is 1.27 bits per heavy atom. The summed E-state index contributed by atoms with van der Waals surface area (Å²) < 4.78 is 30.2. The van der Waals surface area contributed by atoms with Gasteiger partial charge in [-0.1, -0.05) is 0 Å². The van der Waals surface area contributed by atoms with E-state index in [0.717, 1.165) is 12.1 Å². The Hall–Kier alpha value is -0.390. The summed E-state index contributed by atoms with van der Waals surface area (Å²) in [7, 11) is 1.31. The van der Waals surface area contributed by atoms with Gasteiger partial charge in [-0.15, -0.1) is 0 Å². The van der Waals surface area contributed by atoms with Crippen LogP contribution in [0.5, 0.6) is 5.75 Å². The normalized spacial score (nSPS) is 9.82. The Morgan fingerprint density at radius 3 is 2.27 bits per heavy atom. The number of halogens is 3. The Kier molecular flexibility index (Phi) is 2.64. The second kappa shape index (κ2) is 3.34. The SMILES string of the molecule is COc1c(F)ccc(F)c1I. The molecule has 0 bridgehead atoms. The molecule has 0 N–H and O–H groups in total. The van der Waals surface area contributed by atoms with Crippen LogP contribution in [0.1, 0.15) is 0 Å². The van der Waals surface area contributed by atoms with Crippen molar-refractivity contribution in [3.05, 3.63) is 27.3 Å². The lowest BCUT2D eigenvalue weighted by atomic mass is 10.3. The number of benzene rings is 1. The van der Waals surface area contributed by atoms with E-state index in [1.165, 1.54) is 7.11 Å². The molecule has 4 heteroatoms. The minimum atomic E-state index is -0.543. The molecule has 0 heterocycles. The molecule has 1 aromatic carbocycles. The van der Waals surface area contributed by atoms with E-state index in [9.17, 15) is 8.78 Å². The number of hydrogen-bond donors (Lipinski definition) is 0. The first-order valence-electron chi connectivity index (χ1n) is 2.84. The van der Waals surface area contributed by atoms with Crippen LogP contribution in [0.15, 0.2) is 12.1 Å². The van der Waals surface area contributed by atoms with Gasteiger partial charge in [0.05, 0.1) is 10.7 Å². The van der Waals surface area contributed by atoms with E-state index in [2.05, 4.69) is 4.74 Å². The maximum atomic E-state index is 12.7. The first kappa shape index (κ1) is 8.70. The van der Waals surface area contributed by atoms with Crippen molar-refractivity contribution in [1.29, 1.82) is 0 Å². The molecule has 0 amide bonds. The van der Waals surface area contributed by atoms with Gasteiger partial charge in [0.15, 0.2) is 11.6 Å². The fourth-order valence-electron chi connectivity index (χ4n) is 0.696. The van der Waals surface area contributed by atoms with Crippen molar-refractivity contribution < 1.29 is 13.5 Å². The van der Waals surface area contributed by atoms with Gasteiger partial charge in [-0.2, -0.15) is 0 Å². The molecule has 0 aromatic heterocycles. The molecular weight excluding hydrogens is 265 g/mol. The maximum Gasteiger partial charge on any atom is 0.170 e. The first-order chi connectivity index (χ1) is 5.16.